The molecule has 22 heavy (non-hydrogen) atoms. The summed E-state index contributed by atoms with van der Waals surface area (Å²) >= 11 is 1.60. The van der Waals surface area contributed by atoms with Crippen molar-refractivity contribution in [3.05, 3.63) is 39.5 Å². The van der Waals surface area contributed by atoms with E-state index in [1.54, 1.807) is 11.3 Å². The van der Waals surface area contributed by atoms with Crippen LogP contribution in [0.4, 0.5) is 5.82 Å². The number of aliphatic hydroxyl groups is 1. The van der Waals surface area contributed by atoms with Gasteiger partial charge in [0.05, 0.1) is 6.10 Å². The molecule has 0 saturated carbocycles. The fourth-order valence-corrected chi connectivity index (χ4v) is 3.79. The molecule has 0 bridgehead atoms. The maximum atomic E-state index is 10.3. The van der Waals surface area contributed by atoms with E-state index in [2.05, 4.69) is 22.2 Å². The van der Waals surface area contributed by atoms with Crippen LogP contribution in [-0.4, -0.2) is 21.1 Å². The van der Waals surface area contributed by atoms with E-state index in [1.807, 2.05) is 24.4 Å². The molecule has 2 unspecified atom stereocenters. The molecule has 2 atom stereocenters. The number of thiophene rings is 1. The summed E-state index contributed by atoms with van der Waals surface area (Å²) in [5, 5.41) is 15.8. The van der Waals surface area contributed by atoms with Gasteiger partial charge in [0.2, 0.25) is 0 Å². The van der Waals surface area contributed by atoms with Gasteiger partial charge in [-0.3, -0.25) is 0 Å². The lowest BCUT2D eigenvalue weighted by molar-refractivity contribution is 0.166. The van der Waals surface area contributed by atoms with E-state index in [9.17, 15) is 5.11 Å². The zero-order valence-corrected chi connectivity index (χ0v) is 14.0. The third-order valence-electron chi connectivity index (χ3n) is 4.13. The number of aromatic nitrogens is 2. The summed E-state index contributed by atoms with van der Waals surface area (Å²) in [5.41, 5.74) is 2.47. The normalized spacial score (nSPS) is 16.9. The van der Waals surface area contributed by atoms with Crippen molar-refractivity contribution in [2.75, 3.05) is 5.32 Å². The SMILES string of the molecule is Cc1nc2c(c(NC(C)CC(O)c3cccs3)n1)CCCC2. The Morgan fingerprint density at radius 2 is 2.14 bits per heavy atom. The molecule has 0 aliphatic heterocycles. The molecule has 118 valence electrons. The van der Waals surface area contributed by atoms with Gasteiger partial charge < -0.3 is 10.4 Å². The van der Waals surface area contributed by atoms with Crippen LogP contribution in [0.2, 0.25) is 0 Å². The van der Waals surface area contributed by atoms with Gasteiger partial charge in [-0.25, -0.2) is 9.97 Å². The number of rotatable bonds is 5. The highest BCUT2D eigenvalue weighted by Gasteiger charge is 2.19. The fraction of sp³-hybridized carbons (Fsp3) is 0.529. The molecular formula is C17H23N3OS. The molecule has 2 N–H and O–H groups in total. The van der Waals surface area contributed by atoms with Crippen molar-refractivity contribution in [3.63, 3.8) is 0 Å². The van der Waals surface area contributed by atoms with Gasteiger partial charge in [0.15, 0.2) is 0 Å². The molecule has 2 aromatic rings. The Morgan fingerprint density at radius 3 is 2.91 bits per heavy atom. The Hall–Kier alpha value is -1.46. The largest absolute Gasteiger partial charge is 0.387 e. The Morgan fingerprint density at radius 1 is 1.32 bits per heavy atom. The van der Waals surface area contributed by atoms with E-state index in [1.165, 1.54) is 24.1 Å². The molecule has 0 aromatic carbocycles. The van der Waals surface area contributed by atoms with Crippen LogP contribution in [-0.2, 0) is 12.8 Å². The Balaban J connectivity index is 1.71. The number of aryl methyl sites for hydroxylation is 2. The summed E-state index contributed by atoms with van der Waals surface area (Å²) in [7, 11) is 0. The maximum absolute atomic E-state index is 10.3. The first-order valence-corrected chi connectivity index (χ1v) is 8.86. The molecule has 0 fully saturated rings. The number of hydrogen-bond acceptors (Lipinski definition) is 5. The van der Waals surface area contributed by atoms with Gasteiger partial charge in [0, 0.05) is 22.2 Å². The number of anilines is 1. The molecule has 1 aliphatic rings. The summed E-state index contributed by atoms with van der Waals surface area (Å²) in [6.45, 7) is 4.05. The van der Waals surface area contributed by atoms with Crippen molar-refractivity contribution in [1.29, 1.82) is 0 Å². The molecule has 0 amide bonds. The van der Waals surface area contributed by atoms with Gasteiger partial charge in [0.25, 0.3) is 0 Å². The van der Waals surface area contributed by atoms with E-state index in [0.29, 0.717) is 6.42 Å². The quantitative estimate of drug-likeness (QED) is 0.884. The molecule has 3 rings (SSSR count). The Kier molecular flexibility index (Phi) is 4.74. The molecule has 1 aliphatic carbocycles. The minimum absolute atomic E-state index is 0.164. The van der Waals surface area contributed by atoms with Crippen molar-refractivity contribution >= 4 is 17.2 Å². The summed E-state index contributed by atoms with van der Waals surface area (Å²) in [6.07, 6.45) is 4.80. The molecule has 2 aromatic heterocycles. The second-order valence-electron chi connectivity index (χ2n) is 6.06. The van der Waals surface area contributed by atoms with Crippen LogP contribution in [0.15, 0.2) is 17.5 Å². The predicted octanol–water partition coefficient (Wildman–Crippen LogP) is 3.65. The monoisotopic (exact) mass is 317 g/mol. The van der Waals surface area contributed by atoms with Gasteiger partial charge >= 0.3 is 0 Å². The van der Waals surface area contributed by atoms with Gasteiger partial charge in [-0.2, -0.15) is 0 Å². The highest BCUT2D eigenvalue weighted by Crippen LogP contribution is 2.28. The van der Waals surface area contributed by atoms with Crippen LogP contribution in [0.1, 0.15) is 54.2 Å². The van der Waals surface area contributed by atoms with Crippen LogP contribution in [0.5, 0.6) is 0 Å². The van der Waals surface area contributed by atoms with Crippen molar-refractivity contribution in [3.8, 4) is 0 Å². The minimum Gasteiger partial charge on any atom is -0.387 e. The van der Waals surface area contributed by atoms with Crippen molar-refractivity contribution < 1.29 is 5.11 Å². The van der Waals surface area contributed by atoms with Crippen LogP contribution in [0.3, 0.4) is 0 Å². The summed E-state index contributed by atoms with van der Waals surface area (Å²) in [6, 6.07) is 4.13. The first-order valence-electron chi connectivity index (χ1n) is 7.98. The Labute approximate surface area is 135 Å². The zero-order chi connectivity index (χ0) is 15.5. The highest BCUT2D eigenvalue weighted by molar-refractivity contribution is 7.10. The number of nitrogens with zero attached hydrogens (tertiary/aromatic N) is 2. The topological polar surface area (TPSA) is 58.0 Å². The summed E-state index contributed by atoms with van der Waals surface area (Å²) in [4.78, 5) is 10.2. The standard InChI is InChI=1S/C17H23N3OS/c1-11(10-15(21)16-8-5-9-22-16)18-17-13-6-3-4-7-14(13)19-12(2)20-17/h5,8-9,11,15,21H,3-4,6-7,10H2,1-2H3,(H,18,19,20). The molecule has 2 heterocycles. The lowest BCUT2D eigenvalue weighted by atomic mass is 9.96. The van der Waals surface area contributed by atoms with Crippen LogP contribution in [0.25, 0.3) is 0 Å². The van der Waals surface area contributed by atoms with Gasteiger partial charge in [-0.15, -0.1) is 11.3 Å². The number of nitrogens with one attached hydrogen (secondary N) is 1. The number of aliphatic hydroxyl groups excluding tert-OH is 1. The lowest BCUT2D eigenvalue weighted by Gasteiger charge is -2.23. The molecule has 0 spiro atoms. The minimum atomic E-state index is -0.415. The van der Waals surface area contributed by atoms with E-state index in [4.69, 9.17) is 0 Å². The summed E-state index contributed by atoms with van der Waals surface area (Å²) in [5.74, 6) is 1.79. The number of fused-ring (bicyclic) bond motifs is 1. The first-order chi connectivity index (χ1) is 10.6. The average molecular weight is 317 g/mol. The second-order valence-corrected chi connectivity index (χ2v) is 7.04. The maximum Gasteiger partial charge on any atom is 0.133 e. The highest BCUT2D eigenvalue weighted by atomic mass is 32.1. The van der Waals surface area contributed by atoms with E-state index < -0.39 is 6.10 Å². The van der Waals surface area contributed by atoms with Gasteiger partial charge in [-0.1, -0.05) is 6.07 Å². The third kappa shape index (κ3) is 3.47. The second kappa shape index (κ2) is 6.75. The van der Waals surface area contributed by atoms with E-state index >= 15 is 0 Å². The molecule has 5 heteroatoms. The van der Waals surface area contributed by atoms with Gasteiger partial charge in [0.1, 0.15) is 11.6 Å². The average Bonchev–Trinajstić information content (AvgIpc) is 3.01. The molecule has 4 nitrogen and oxygen atoms in total. The van der Waals surface area contributed by atoms with Crippen LogP contribution >= 0.6 is 11.3 Å². The third-order valence-corrected chi connectivity index (χ3v) is 5.10. The smallest absolute Gasteiger partial charge is 0.133 e. The first kappa shape index (κ1) is 15.4. The predicted molar refractivity (Wildman–Crippen MR) is 90.4 cm³/mol. The van der Waals surface area contributed by atoms with E-state index in [0.717, 1.165) is 29.4 Å². The Bertz CT molecular complexity index is 627. The van der Waals surface area contributed by atoms with E-state index in [-0.39, 0.29) is 6.04 Å². The van der Waals surface area contributed by atoms with Gasteiger partial charge in [-0.05, 0) is 57.4 Å². The molecule has 0 saturated heterocycles. The molecule has 0 radical (unpaired) electrons. The molecular weight excluding hydrogens is 294 g/mol. The number of hydrogen-bond donors (Lipinski definition) is 2. The van der Waals surface area contributed by atoms with Crippen LogP contribution < -0.4 is 5.32 Å². The summed E-state index contributed by atoms with van der Waals surface area (Å²) < 4.78 is 0. The van der Waals surface area contributed by atoms with Crippen molar-refractivity contribution in [1.82, 2.24) is 9.97 Å². The van der Waals surface area contributed by atoms with Crippen LogP contribution in [0, 0.1) is 6.92 Å². The lowest BCUT2D eigenvalue weighted by Crippen LogP contribution is -2.22. The fourth-order valence-electron chi connectivity index (χ4n) is 3.06. The zero-order valence-electron chi connectivity index (χ0n) is 13.2. The van der Waals surface area contributed by atoms with Crippen molar-refractivity contribution in [2.24, 2.45) is 0 Å². The van der Waals surface area contributed by atoms with Crippen molar-refractivity contribution in [2.45, 2.75) is 58.1 Å².